The van der Waals surface area contributed by atoms with Crippen LogP contribution in [0.25, 0.3) is 6.20 Å². The molecule has 1 aromatic heterocycles. The summed E-state index contributed by atoms with van der Waals surface area (Å²) in [4.78, 5) is 25.2. The minimum Gasteiger partial charge on any atom is -0.493 e. The number of aromatic nitrogens is 1. The van der Waals surface area contributed by atoms with Gasteiger partial charge in [-0.3, -0.25) is 10.2 Å². The Balaban J connectivity index is 1.90. The smallest absolute Gasteiger partial charge is 0.258 e. The zero-order valence-corrected chi connectivity index (χ0v) is 16.2. The molecule has 0 unspecified atom stereocenters. The number of nitrogens with zero attached hydrogens (tertiary/aromatic N) is 3. The predicted octanol–water partition coefficient (Wildman–Crippen LogP) is -0.525. The van der Waals surface area contributed by atoms with E-state index in [1.165, 1.54) is 0 Å². The standard InChI is InChI=1S/C19H20N6O4/c1-27-12-6-9(7-13(28-2)15(12)29-3)25-5-4-10-11(8-25)18(26)23-17-14(10)16(20)22-19(21)24-17/h6-8H,4-5H2,1-3H3,(H4,20,21,22,23,24,26). The molecular weight excluding hydrogens is 376 g/mol. The lowest BCUT2D eigenvalue weighted by molar-refractivity contribution is 0.324. The topological polar surface area (TPSA) is 138 Å². The summed E-state index contributed by atoms with van der Waals surface area (Å²) in [5.41, 5.74) is 8.13. The van der Waals surface area contributed by atoms with Crippen molar-refractivity contribution < 1.29 is 14.2 Å². The molecule has 0 fully saturated rings. The molecule has 0 amide bonds. The van der Waals surface area contributed by atoms with E-state index >= 15 is 0 Å². The molecule has 29 heavy (non-hydrogen) atoms. The number of guanidine groups is 1. The van der Waals surface area contributed by atoms with Gasteiger partial charge >= 0.3 is 0 Å². The molecule has 2 aromatic rings. The van der Waals surface area contributed by atoms with Gasteiger partial charge in [-0.1, -0.05) is 0 Å². The Kier molecular flexibility index (Phi) is 4.45. The highest BCUT2D eigenvalue weighted by Crippen LogP contribution is 2.41. The lowest BCUT2D eigenvalue weighted by Crippen LogP contribution is -2.48. The van der Waals surface area contributed by atoms with Crippen LogP contribution >= 0.6 is 0 Å². The molecular formula is C19H20N6O4. The molecule has 0 bridgehead atoms. The first-order valence-electron chi connectivity index (χ1n) is 8.82. The number of fused-ring (bicyclic) bond motifs is 3. The summed E-state index contributed by atoms with van der Waals surface area (Å²) < 4.78 is 16.2. The van der Waals surface area contributed by atoms with Crippen LogP contribution in [0.4, 0.5) is 5.69 Å². The van der Waals surface area contributed by atoms with Crippen LogP contribution in [0.1, 0.15) is 11.1 Å². The molecule has 0 radical (unpaired) electrons. The molecule has 10 nitrogen and oxygen atoms in total. The van der Waals surface area contributed by atoms with Gasteiger partial charge in [0, 0.05) is 30.6 Å². The van der Waals surface area contributed by atoms with Gasteiger partial charge in [0.05, 0.1) is 32.1 Å². The number of anilines is 1. The van der Waals surface area contributed by atoms with Crippen LogP contribution in [0.15, 0.2) is 26.9 Å². The number of hydrogen-bond acceptors (Lipinski definition) is 7. The average Bonchev–Trinajstić information content (AvgIpc) is 2.71. The van der Waals surface area contributed by atoms with E-state index in [1.54, 1.807) is 27.5 Å². The Morgan fingerprint density at radius 3 is 2.45 bits per heavy atom. The Labute approximate surface area is 165 Å². The van der Waals surface area contributed by atoms with Crippen LogP contribution in [-0.2, 0) is 6.42 Å². The van der Waals surface area contributed by atoms with E-state index in [4.69, 9.17) is 25.4 Å². The molecule has 2 aliphatic heterocycles. The molecule has 4 rings (SSSR count). The van der Waals surface area contributed by atoms with E-state index in [-0.39, 0.29) is 22.8 Å². The van der Waals surface area contributed by atoms with Crippen molar-refractivity contribution in [2.24, 2.45) is 15.7 Å². The van der Waals surface area contributed by atoms with Crippen molar-refractivity contribution in [3.63, 3.8) is 0 Å². The van der Waals surface area contributed by atoms with Crippen molar-refractivity contribution >= 4 is 23.7 Å². The molecule has 150 valence electrons. The van der Waals surface area contributed by atoms with Crippen molar-refractivity contribution in [3.8, 4) is 17.2 Å². The third-order valence-electron chi connectivity index (χ3n) is 4.91. The van der Waals surface area contributed by atoms with E-state index < -0.39 is 0 Å². The number of hydrogen-bond donors (Lipinski definition) is 3. The van der Waals surface area contributed by atoms with E-state index in [9.17, 15) is 4.79 Å². The Morgan fingerprint density at radius 1 is 1.14 bits per heavy atom. The van der Waals surface area contributed by atoms with Gasteiger partial charge in [-0.15, -0.1) is 0 Å². The fourth-order valence-electron chi connectivity index (χ4n) is 3.60. The molecule has 0 saturated heterocycles. The normalized spacial score (nSPS) is 14.8. The summed E-state index contributed by atoms with van der Waals surface area (Å²) in [6.45, 7) is 0.590. The number of aromatic amines is 1. The van der Waals surface area contributed by atoms with Gasteiger partial charge in [-0.05, 0) is 12.0 Å². The van der Waals surface area contributed by atoms with Gasteiger partial charge in [0.2, 0.25) is 11.7 Å². The Bertz CT molecular complexity index is 1210. The highest BCUT2D eigenvalue weighted by molar-refractivity contribution is 6.07. The maximum atomic E-state index is 12.7. The molecule has 0 atom stereocenters. The number of ether oxygens (including phenoxy) is 3. The summed E-state index contributed by atoms with van der Waals surface area (Å²) in [6.07, 6.45) is 2.31. The lowest BCUT2D eigenvalue weighted by Gasteiger charge is -2.27. The SMILES string of the molecule is COc1cc(N2C=c3c(c4c([nH]c3=O)=NC(=N)N=C4N)CC2)cc(OC)c1OC. The second kappa shape index (κ2) is 6.97. The number of methoxy groups -OCH3 is 3. The molecule has 3 heterocycles. The van der Waals surface area contributed by atoms with Gasteiger partial charge in [0.1, 0.15) is 11.3 Å². The van der Waals surface area contributed by atoms with Crippen LogP contribution in [0, 0.1) is 5.41 Å². The summed E-state index contributed by atoms with van der Waals surface area (Å²) in [6, 6.07) is 3.64. The zero-order chi connectivity index (χ0) is 20.7. The first-order valence-corrected chi connectivity index (χ1v) is 8.82. The molecule has 0 saturated carbocycles. The maximum absolute atomic E-state index is 12.7. The molecule has 1 aromatic carbocycles. The first kappa shape index (κ1) is 18.5. The van der Waals surface area contributed by atoms with E-state index in [1.807, 2.05) is 17.0 Å². The average molecular weight is 396 g/mol. The third-order valence-corrected chi connectivity index (χ3v) is 4.91. The van der Waals surface area contributed by atoms with Crippen LogP contribution in [0.3, 0.4) is 0 Å². The number of amidine groups is 1. The summed E-state index contributed by atoms with van der Waals surface area (Å²) >= 11 is 0. The van der Waals surface area contributed by atoms with Crippen molar-refractivity contribution in [1.82, 2.24) is 4.98 Å². The fraction of sp³-hybridized carbons (Fsp3) is 0.263. The zero-order valence-electron chi connectivity index (χ0n) is 16.2. The summed E-state index contributed by atoms with van der Waals surface area (Å²) in [7, 11) is 4.65. The van der Waals surface area contributed by atoms with Crippen LogP contribution in [0.5, 0.6) is 17.2 Å². The van der Waals surface area contributed by atoms with Crippen molar-refractivity contribution in [2.75, 3.05) is 32.8 Å². The Hall–Kier alpha value is -3.82. The van der Waals surface area contributed by atoms with E-state index in [2.05, 4.69) is 15.0 Å². The number of rotatable bonds is 4. The molecule has 0 aliphatic carbocycles. The summed E-state index contributed by atoms with van der Waals surface area (Å²) in [5.74, 6) is 1.49. The van der Waals surface area contributed by atoms with Gasteiger partial charge in [-0.2, -0.15) is 9.98 Å². The number of benzene rings is 1. The van der Waals surface area contributed by atoms with Gasteiger partial charge < -0.3 is 29.8 Å². The highest BCUT2D eigenvalue weighted by Gasteiger charge is 2.23. The van der Waals surface area contributed by atoms with Crippen LogP contribution in [-0.4, -0.2) is 44.7 Å². The maximum Gasteiger partial charge on any atom is 0.258 e. The molecule has 2 aliphatic rings. The van der Waals surface area contributed by atoms with Gasteiger partial charge in [-0.25, -0.2) is 0 Å². The first-order chi connectivity index (χ1) is 14.0. The highest BCUT2D eigenvalue weighted by atomic mass is 16.5. The number of H-pyrrole nitrogens is 1. The number of aliphatic imine (C=N–C) groups is 1. The minimum atomic E-state index is -0.304. The monoisotopic (exact) mass is 396 g/mol. The number of nitrogens with two attached hydrogens (primary N) is 1. The summed E-state index contributed by atoms with van der Waals surface area (Å²) in [5, 5.41) is 8.09. The largest absolute Gasteiger partial charge is 0.493 e. The van der Waals surface area contributed by atoms with E-state index in [0.29, 0.717) is 41.0 Å². The Morgan fingerprint density at radius 2 is 1.83 bits per heavy atom. The number of nitrogens with one attached hydrogen (secondary N) is 2. The molecule has 4 N–H and O–H groups in total. The predicted molar refractivity (Wildman–Crippen MR) is 108 cm³/mol. The molecule has 10 heteroatoms. The third kappa shape index (κ3) is 2.98. The lowest BCUT2D eigenvalue weighted by atomic mass is 10.00. The second-order valence-electron chi connectivity index (χ2n) is 6.46. The molecule has 0 spiro atoms. The number of pyridine rings is 1. The van der Waals surface area contributed by atoms with Crippen molar-refractivity contribution in [1.29, 1.82) is 5.41 Å². The van der Waals surface area contributed by atoms with Crippen molar-refractivity contribution in [2.45, 2.75) is 6.42 Å². The minimum absolute atomic E-state index is 0.183. The van der Waals surface area contributed by atoms with Gasteiger partial charge in [0.25, 0.3) is 5.56 Å². The van der Waals surface area contributed by atoms with E-state index in [0.717, 1.165) is 11.3 Å². The van der Waals surface area contributed by atoms with Crippen molar-refractivity contribution in [3.05, 3.63) is 44.3 Å². The van der Waals surface area contributed by atoms with Gasteiger partial charge in [0.15, 0.2) is 11.5 Å². The van der Waals surface area contributed by atoms with Crippen LogP contribution < -0.4 is 41.1 Å². The fourth-order valence-corrected chi connectivity index (χ4v) is 3.60. The van der Waals surface area contributed by atoms with Crippen LogP contribution in [0.2, 0.25) is 0 Å². The second-order valence-corrected chi connectivity index (χ2v) is 6.46. The quantitative estimate of drug-likeness (QED) is 0.635.